The Hall–Kier alpha value is -1.64. The summed E-state index contributed by atoms with van der Waals surface area (Å²) in [4.78, 5) is 5.77. The van der Waals surface area contributed by atoms with E-state index in [9.17, 15) is 15.3 Å². The van der Waals surface area contributed by atoms with Gasteiger partial charge in [0.25, 0.3) is 0 Å². The van der Waals surface area contributed by atoms with Gasteiger partial charge in [-0.3, -0.25) is 0 Å². The summed E-state index contributed by atoms with van der Waals surface area (Å²) in [6.45, 7) is 9.17. The van der Waals surface area contributed by atoms with E-state index < -0.39 is 30.7 Å². The third-order valence-corrected chi connectivity index (χ3v) is 5.58. The largest absolute Gasteiger partial charge is 0.461 e. The van der Waals surface area contributed by atoms with Crippen molar-refractivity contribution in [2.45, 2.75) is 70.7 Å². The van der Waals surface area contributed by atoms with E-state index in [1.165, 1.54) is 0 Å². The number of aromatic nitrogens is 1. The van der Waals surface area contributed by atoms with Crippen molar-refractivity contribution in [3.8, 4) is 5.75 Å². The van der Waals surface area contributed by atoms with E-state index in [-0.39, 0.29) is 0 Å². The Labute approximate surface area is 172 Å². The molecule has 0 amide bonds. The highest BCUT2D eigenvalue weighted by molar-refractivity contribution is 5.89. The van der Waals surface area contributed by atoms with Crippen molar-refractivity contribution in [2.24, 2.45) is 0 Å². The summed E-state index contributed by atoms with van der Waals surface area (Å²) in [6.07, 6.45) is -0.329. The Bertz CT molecular complexity index is 774. The van der Waals surface area contributed by atoms with E-state index in [4.69, 9.17) is 9.47 Å². The summed E-state index contributed by atoms with van der Waals surface area (Å²) in [5.41, 5.74) is 2.10. The predicted octanol–water partition coefficient (Wildman–Crippen LogP) is 2.04. The van der Waals surface area contributed by atoms with Crippen LogP contribution in [0, 0.1) is 0 Å². The van der Waals surface area contributed by atoms with Crippen LogP contribution in [-0.2, 0) is 11.2 Å². The van der Waals surface area contributed by atoms with Crippen molar-refractivity contribution in [3.63, 3.8) is 0 Å². The Morgan fingerprint density at radius 1 is 1.03 bits per heavy atom. The standard InChI is InChI=1S/C22H34N2O5/c1-4-10-24(11-5-2)12-9-15-13-23-16-7-6-8-17(18(15)16)29-22-21(27)20(26)19(25)14(3)28-22/h6-8,13-14,19-23,25-27H,4-5,9-12H2,1-3H3. The number of nitrogens with one attached hydrogen (secondary N) is 1. The average Bonchev–Trinajstić information content (AvgIpc) is 3.13. The second-order valence-electron chi connectivity index (χ2n) is 7.88. The molecule has 5 atom stereocenters. The summed E-state index contributed by atoms with van der Waals surface area (Å²) in [5, 5.41) is 31.2. The van der Waals surface area contributed by atoms with Gasteiger partial charge in [-0.1, -0.05) is 19.9 Å². The number of aromatic amines is 1. The van der Waals surface area contributed by atoms with Gasteiger partial charge in [-0.15, -0.1) is 0 Å². The van der Waals surface area contributed by atoms with Crippen LogP contribution in [0.15, 0.2) is 24.4 Å². The molecule has 7 heteroatoms. The topological polar surface area (TPSA) is 98.2 Å². The van der Waals surface area contributed by atoms with E-state index >= 15 is 0 Å². The Kier molecular flexibility index (Phi) is 7.54. The number of aliphatic hydroxyl groups is 3. The number of H-pyrrole nitrogens is 1. The van der Waals surface area contributed by atoms with Gasteiger partial charge in [-0.25, -0.2) is 0 Å². The molecule has 2 aromatic rings. The van der Waals surface area contributed by atoms with Crippen LogP contribution in [0.25, 0.3) is 10.9 Å². The number of fused-ring (bicyclic) bond motifs is 1. The van der Waals surface area contributed by atoms with Crippen molar-refractivity contribution >= 4 is 10.9 Å². The summed E-state index contributed by atoms with van der Waals surface area (Å²) >= 11 is 0. The number of aliphatic hydroxyl groups excluding tert-OH is 3. The Morgan fingerprint density at radius 3 is 2.45 bits per heavy atom. The fourth-order valence-corrected chi connectivity index (χ4v) is 4.00. The number of nitrogens with zero attached hydrogens (tertiary/aromatic N) is 1. The van der Waals surface area contributed by atoms with Crippen molar-refractivity contribution in [2.75, 3.05) is 19.6 Å². The van der Waals surface area contributed by atoms with Gasteiger partial charge in [0.1, 0.15) is 24.1 Å². The molecule has 1 aliphatic rings. The van der Waals surface area contributed by atoms with E-state index in [0.717, 1.165) is 55.4 Å². The summed E-state index contributed by atoms with van der Waals surface area (Å²) in [6, 6.07) is 5.71. The molecular weight excluding hydrogens is 372 g/mol. The second-order valence-corrected chi connectivity index (χ2v) is 7.88. The molecule has 0 aliphatic carbocycles. The van der Waals surface area contributed by atoms with Crippen LogP contribution in [-0.4, -0.2) is 75.5 Å². The molecule has 5 unspecified atom stereocenters. The molecule has 29 heavy (non-hydrogen) atoms. The fourth-order valence-electron chi connectivity index (χ4n) is 4.00. The minimum atomic E-state index is -1.33. The molecule has 1 aromatic carbocycles. The minimum absolute atomic E-state index is 0.594. The fraction of sp³-hybridized carbons (Fsp3) is 0.636. The average molecular weight is 407 g/mol. The van der Waals surface area contributed by atoms with Crippen molar-refractivity contribution < 1.29 is 24.8 Å². The first kappa shape index (κ1) is 22.1. The highest BCUT2D eigenvalue weighted by atomic mass is 16.7. The van der Waals surface area contributed by atoms with Crippen molar-refractivity contribution in [3.05, 3.63) is 30.0 Å². The molecule has 1 fully saturated rings. The lowest BCUT2D eigenvalue weighted by Crippen LogP contribution is -2.58. The van der Waals surface area contributed by atoms with Gasteiger partial charge in [0.2, 0.25) is 6.29 Å². The molecule has 0 saturated carbocycles. The van der Waals surface area contributed by atoms with Crippen LogP contribution in [0.2, 0.25) is 0 Å². The molecule has 162 valence electrons. The maximum Gasteiger partial charge on any atom is 0.229 e. The molecular formula is C22H34N2O5. The van der Waals surface area contributed by atoms with Crippen LogP contribution >= 0.6 is 0 Å². The van der Waals surface area contributed by atoms with Crippen molar-refractivity contribution in [1.29, 1.82) is 0 Å². The number of hydrogen-bond donors (Lipinski definition) is 4. The normalized spacial score (nSPS) is 27.6. The highest BCUT2D eigenvalue weighted by Crippen LogP contribution is 2.32. The molecule has 4 N–H and O–H groups in total. The van der Waals surface area contributed by atoms with E-state index in [1.54, 1.807) is 6.92 Å². The quantitative estimate of drug-likeness (QED) is 0.509. The maximum atomic E-state index is 10.3. The third-order valence-electron chi connectivity index (χ3n) is 5.58. The summed E-state index contributed by atoms with van der Waals surface area (Å²) in [7, 11) is 0. The van der Waals surface area contributed by atoms with E-state index in [0.29, 0.717) is 5.75 Å². The van der Waals surface area contributed by atoms with Gasteiger partial charge in [-0.05, 0) is 57.0 Å². The van der Waals surface area contributed by atoms with Gasteiger partial charge >= 0.3 is 0 Å². The van der Waals surface area contributed by atoms with Gasteiger partial charge in [0.15, 0.2) is 0 Å². The van der Waals surface area contributed by atoms with Crippen LogP contribution in [0.3, 0.4) is 0 Å². The van der Waals surface area contributed by atoms with Crippen LogP contribution in [0.4, 0.5) is 0 Å². The first-order valence-electron chi connectivity index (χ1n) is 10.6. The molecule has 2 heterocycles. The Morgan fingerprint density at radius 2 is 1.76 bits per heavy atom. The highest BCUT2D eigenvalue weighted by Gasteiger charge is 2.43. The molecule has 0 radical (unpaired) electrons. The zero-order valence-corrected chi connectivity index (χ0v) is 17.5. The number of benzene rings is 1. The Balaban J connectivity index is 1.79. The van der Waals surface area contributed by atoms with Crippen LogP contribution < -0.4 is 4.74 Å². The number of rotatable bonds is 9. The lowest BCUT2D eigenvalue weighted by Gasteiger charge is -2.39. The first-order chi connectivity index (χ1) is 14.0. The molecule has 7 nitrogen and oxygen atoms in total. The van der Waals surface area contributed by atoms with E-state index in [2.05, 4.69) is 23.7 Å². The zero-order chi connectivity index (χ0) is 21.0. The third kappa shape index (κ3) is 4.92. The summed E-state index contributed by atoms with van der Waals surface area (Å²) in [5.74, 6) is 0.594. The molecule has 3 rings (SSSR count). The maximum absolute atomic E-state index is 10.3. The number of hydrogen-bond acceptors (Lipinski definition) is 6. The second kappa shape index (κ2) is 9.91. The zero-order valence-electron chi connectivity index (χ0n) is 17.5. The first-order valence-corrected chi connectivity index (χ1v) is 10.6. The SMILES string of the molecule is CCCN(CCC)CCc1c[nH]c2cccc(OC3OC(C)C(O)C(O)C3O)c12. The van der Waals surface area contributed by atoms with E-state index in [1.807, 2.05) is 24.4 Å². The molecule has 1 saturated heterocycles. The minimum Gasteiger partial charge on any atom is -0.461 e. The van der Waals surface area contributed by atoms with Crippen LogP contribution in [0.5, 0.6) is 5.75 Å². The lowest BCUT2D eigenvalue weighted by molar-refractivity contribution is -0.267. The van der Waals surface area contributed by atoms with Gasteiger partial charge in [0.05, 0.1) is 6.10 Å². The molecule has 1 aliphatic heterocycles. The predicted molar refractivity (Wildman–Crippen MR) is 112 cm³/mol. The van der Waals surface area contributed by atoms with Crippen molar-refractivity contribution in [1.82, 2.24) is 9.88 Å². The van der Waals surface area contributed by atoms with Crippen LogP contribution in [0.1, 0.15) is 39.2 Å². The molecule has 1 aromatic heterocycles. The summed E-state index contributed by atoms with van der Waals surface area (Å²) < 4.78 is 11.6. The molecule has 0 spiro atoms. The number of ether oxygens (including phenoxy) is 2. The monoisotopic (exact) mass is 406 g/mol. The van der Waals surface area contributed by atoms with Gasteiger partial charge in [0, 0.05) is 23.6 Å². The van der Waals surface area contributed by atoms with Gasteiger partial charge < -0.3 is 34.7 Å². The molecule has 0 bridgehead atoms. The smallest absolute Gasteiger partial charge is 0.229 e. The van der Waals surface area contributed by atoms with Gasteiger partial charge in [-0.2, -0.15) is 0 Å². The lowest BCUT2D eigenvalue weighted by atomic mass is 10.00.